The van der Waals surface area contributed by atoms with Crippen LogP contribution in [0.25, 0.3) is 0 Å². The van der Waals surface area contributed by atoms with E-state index in [1.165, 1.54) is 0 Å². The number of hydrogen-bond acceptors (Lipinski definition) is 4. The molecule has 0 spiro atoms. The SMILES string of the molecule is Cc1cccc(OCCCCS(=O)CC(O)CO)c1. The van der Waals surface area contributed by atoms with Crippen molar-refractivity contribution in [2.75, 3.05) is 24.7 Å². The van der Waals surface area contributed by atoms with Crippen LogP contribution in [-0.2, 0) is 10.8 Å². The minimum Gasteiger partial charge on any atom is -0.494 e. The van der Waals surface area contributed by atoms with Gasteiger partial charge in [-0.05, 0) is 37.5 Å². The zero-order valence-corrected chi connectivity index (χ0v) is 12.1. The Morgan fingerprint density at radius 2 is 2.16 bits per heavy atom. The molecular weight excluding hydrogens is 264 g/mol. The third-order valence-corrected chi connectivity index (χ3v) is 4.11. The molecule has 19 heavy (non-hydrogen) atoms. The van der Waals surface area contributed by atoms with Crippen LogP contribution in [0, 0.1) is 6.92 Å². The van der Waals surface area contributed by atoms with Gasteiger partial charge < -0.3 is 14.9 Å². The van der Waals surface area contributed by atoms with Crippen LogP contribution in [0.5, 0.6) is 5.75 Å². The summed E-state index contributed by atoms with van der Waals surface area (Å²) in [6.07, 6.45) is 0.746. The molecule has 0 aliphatic rings. The molecular formula is C14H22O4S. The van der Waals surface area contributed by atoms with Gasteiger partial charge in [0.1, 0.15) is 5.75 Å². The lowest BCUT2D eigenvalue weighted by Crippen LogP contribution is -2.22. The highest BCUT2D eigenvalue weighted by Crippen LogP contribution is 2.12. The molecule has 0 radical (unpaired) electrons. The summed E-state index contributed by atoms with van der Waals surface area (Å²) in [5, 5.41) is 17.8. The standard InChI is InChI=1S/C14H22O4S/c1-12-5-4-6-14(9-12)18-7-2-3-8-19(17)11-13(16)10-15/h4-6,9,13,15-16H,2-3,7-8,10-11H2,1H3. The quantitative estimate of drug-likeness (QED) is 0.671. The van der Waals surface area contributed by atoms with Gasteiger partial charge in [0.2, 0.25) is 0 Å². The van der Waals surface area contributed by atoms with Gasteiger partial charge in [-0.2, -0.15) is 0 Å². The molecule has 0 aliphatic heterocycles. The van der Waals surface area contributed by atoms with Crippen LogP contribution in [0.2, 0.25) is 0 Å². The average molecular weight is 286 g/mol. The summed E-state index contributed by atoms with van der Waals surface area (Å²) in [7, 11) is -1.07. The summed E-state index contributed by atoms with van der Waals surface area (Å²) in [4.78, 5) is 0. The molecule has 1 aromatic carbocycles. The first-order chi connectivity index (χ1) is 9.11. The highest BCUT2D eigenvalue weighted by Gasteiger charge is 2.07. The maximum Gasteiger partial charge on any atom is 0.119 e. The van der Waals surface area contributed by atoms with E-state index in [1.54, 1.807) is 0 Å². The predicted octanol–water partition coefficient (Wildman–Crippen LogP) is 1.26. The third-order valence-electron chi connectivity index (χ3n) is 2.61. The van der Waals surface area contributed by atoms with Crippen molar-refractivity contribution in [2.45, 2.75) is 25.9 Å². The van der Waals surface area contributed by atoms with E-state index in [0.717, 1.165) is 24.2 Å². The van der Waals surface area contributed by atoms with E-state index in [-0.39, 0.29) is 12.4 Å². The van der Waals surface area contributed by atoms with Gasteiger partial charge in [0.05, 0.1) is 25.1 Å². The molecule has 0 saturated carbocycles. The summed E-state index contributed by atoms with van der Waals surface area (Å²) < 4.78 is 17.1. The monoisotopic (exact) mass is 286 g/mol. The number of aliphatic hydroxyl groups excluding tert-OH is 2. The number of hydrogen-bond donors (Lipinski definition) is 2. The first-order valence-electron chi connectivity index (χ1n) is 6.45. The highest BCUT2D eigenvalue weighted by molar-refractivity contribution is 7.85. The predicted molar refractivity (Wildman–Crippen MR) is 76.9 cm³/mol. The van der Waals surface area contributed by atoms with E-state index in [1.807, 2.05) is 31.2 Å². The van der Waals surface area contributed by atoms with E-state index in [9.17, 15) is 4.21 Å². The van der Waals surface area contributed by atoms with Crippen molar-refractivity contribution in [1.82, 2.24) is 0 Å². The van der Waals surface area contributed by atoms with Crippen molar-refractivity contribution in [3.8, 4) is 5.75 Å². The molecule has 1 rings (SSSR count). The van der Waals surface area contributed by atoms with Gasteiger partial charge in [-0.1, -0.05) is 12.1 Å². The zero-order chi connectivity index (χ0) is 14.1. The largest absolute Gasteiger partial charge is 0.494 e. The van der Waals surface area contributed by atoms with Gasteiger partial charge >= 0.3 is 0 Å². The Bertz CT molecular complexity index is 395. The minimum absolute atomic E-state index is 0.148. The number of benzene rings is 1. The fourth-order valence-corrected chi connectivity index (χ4v) is 2.84. The van der Waals surface area contributed by atoms with Crippen molar-refractivity contribution in [3.63, 3.8) is 0 Å². The van der Waals surface area contributed by atoms with Crippen LogP contribution in [0.4, 0.5) is 0 Å². The van der Waals surface area contributed by atoms with Crippen molar-refractivity contribution in [2.24, 2.45) is 0 Å². The molecule has 4 nitrogen and oxygen atoms in total. The van der Waals surface area contributed by atoms with Gasteiger partial charge in [-0.3, -0.25) is 4.21 Å². The van der Waals surface area contributed by atoms with Gasteiger partial charge in [-0.25, -0.2) is 0 Å². The Labute approximate surface area is 116 Å². The van der Waals surface area contributed by atoms with Gasteiger partial charge in [0.15, 0.2) is 0 Å². The second-order valence-electron chi connectivity index (χ2n) is 4.52. The molecule has 1 aromatic rings. The smallest absolute Gasteiger partial charge is 0.119 e. The molecule has 0 amide bonds. The first kappa shape index (κ1) is 16.1. The van der Waals surface area contributed by atoms with Crippen LogP contribution in [0.15, 0.2) is 24.3 Å². The van der Waals surface area contributed by atoms with Gasteiger partial charge in [0.25, 0.3) is 0 Å². The summed E-state index contributed by atoms with van der Waals surface area (Å²) in [5.41, 5.74) is 1.16. The van der Waals surface area contributed by atoms with Crippen molar-refractivity contribution >= 4 is 10.8 Å². The number of rotatable bonds is 9. The Morgan fingerprint density at radius 3 is 2.84 bits per heavy atom. The van der Waals surface area contributed by atoms with Crippen LogP contribution >= 0.6 is 0 Å². The molecule has 0 aliphatic carbocycles. The Hall–Kier alpha value is -0.910. The molecule has 0 heterocycles. The molecule has 5 heteroatoms. The molecule has 2 N–H and O–H groups in total. The average Bonchev–Trinajstić information content (AvgIpc) is 2.38. The first-order valence-corrected chi connectivity index (χ1v) is 7.94. The van der Waals surface area contributed by atoms with Crippen molar-refractivity contribution in [1.29, 1.82) is 0 Å². The normalized spacial score (nSPS) is 14.1. The molecule has 108 valence electrons. The van der Waals surface area contributed by atoms with Crippen molar-refractivity contribution < 1.29 is 19.2 Å². The summed E-state index contributed by atoms with van der Waals surface area (Å²) >= 11 is 0. The van der Waals surface area contributed by atoms with Crippen LogP contribution < -0.4 is 4.74 Å². The molecule has 2 atom stereocenters. The fraction of sp³-hybridized carbons (Fsp3) is 0.571. The number of unbranched alkanes of at least 4 members (excludes halogenated alkanes) is 1. The molecule has 2 unspecified atom stereocenters. The van der Waals surface area contributed by atoms with E-state index in [0.29, 0.717) is 12.4 Å². The Balaban J connectivity index is 2.10. The van der Waals surface area contributed by atoms with Crippen LogP contribution in [-0.4, -0.2) is 45.2 Å². The molecule has 0 fully saturated rings. The maximum atomic E-state index is 11.5. The summed E-state index contributed by atoms with van der Waals surface area (Å²) in [6, 6.07) is 7.87. The maximum absolute atomic E-state index is 11.5. The number of aliphatic hydroxyl groups is 2. The number of ether oxygens (including phenoxy) is 1. The summed E-state index contributed by atoms with van der Waals surface area (Å²) in [6.45, 7) is 2.29. The van der Waals surface area contributed by atoms with E-state index >= 15 is 0 Å². The lowest BCUT2D eigenvalue weighted by molar-refractivity contribution is 0.113. The molecule has 0 saturated heterocycles. The highest BCUT2D eigenvalue weighted by atomic mass is 32.2. The topological polar surface area (TPSA) is 66.8 Å². The second kappa shape index (κ2) is 9.07. The second-order valence-corrected chi connectivity index (χ2v) is 6.14. The van der Waals surface area contributed by atoms with Gasteiger partial charge in [-0.15, -0.1) is 0 Å². The molecule has 0 aromatic heterocycles. The lowest BCUT2D eigenvalue weighted by atomic mass is 10.2. The van der Waals surface area contributed by atoms with Crippen molar-refractivity contribution in [3.05, 3.63) is 29.8 Å². The fourth-order valence-electron chi connectivity index (χ4n) is 1.61. The summed E-state index contributed by atoms with van der Waals surface area (Å²) in [5.74, 6) is 1.54. The Morgan fingerprint density at radius 1 is 1.37 bits per heavy atom. The van der Waals surface area contributed by atoms with Crippen LogP contribution in [0.3, 0.4) is 0 Å². The van der Waals surface area contributed by atoms with Crippen LogP contribution in [0.1, 0.15) is 18.4 Å². The minimum atomic E-state index is -1.07. The lowest BCUT2D eigenvalue weighted by Gasteiger charge is -2.08. The number of aryl methyl sites for hydroxylation is 1. The van der Waals surface area contributed by atoms with E-state index < -0.39 is 16.9 Å². The van der Waals surface area contributed by atoms with Gasteiger partial charge in [0, 0.05) is 16.6 Å². The zero-order valence-electron chi connectivity index (χ0n) is 11.2. The molecule has 0 bridgehead atoms. The third kappa shape index (κ3) is 7.30. The van der Waals surface area contributed by atoms with E-state index in [2.05, 4.69) is 0 Å². The van der Waals surface area contributed by atoms with E-state index in [4.69, 9.17) is 14.9 Å². The Kier molecular flexibility index (Phi) is 7.70.